The third-order valence-corrected chi connectivity index (χ3v) is 6.06. The van der Waals surface area contributed by atoms with Crippen LogP contribution in [0.3, 0.4) is 0 Å². The molecular weight excluding hydrogens is 328 g/mol. The van der Waals surface area contributed by atoms with E-state index in [1.54, 1.807) is 18.4 Å². The molecule has 6 nitrogen and oxygen atoms in total. The van der Waals surface area contributed by atoms with Crippen molar-refractivity contribution >= 4 is 48.8 Å². The lowest BCUT2D eigenvalue weighted by molar-refractivity contribution is 0.602. The number of aromatic nitrogens is 2. The molecule has 0 aliphatic heterocycles. The number of halogens is 1. The van der Waals surface area contributed by atoms with Crippen molar-refractivity contribution in [2.45, 2.75) is 11.1 Å². The number of nitrogens with one attached hydrogen (secondary N) is 2. The van der Waals surface area contributed by atoms with Gasteiger partial charge in [-0.2, -0.15) is 5.10 Å². The highest BCUT2D eigenvalue weighted by Gasteiger charge is 2.21. The molecule has 4 N–H and O–H groups in total. The molecule has 17 heavy (non-hydrogen) atoms. The van der Waals surface area contributed by atoms with E-state index in [0.29, 0.717) is 15.9 Å². The molecule has 0 bridgehead atoms. The van der Waals surface area contributed by atoms with E-state index < -0.39 is 10.0 Å². The van der Waals surface area contributed by atoms with E-state index in [-0.39, 0.29) is 10.0 Å². The van der Waals surface area contributed by atoms with Gasteiger partial charge in [0.15, 0.2) is 10.0 Å². The molecule has 2 rings (SSSR count). The van der Waals surface area contributed by atoms with Gasteiger partial charge in [-0.15, -0.1) is 11.3 Å². The van der Waals surface area contributed by atoms with Crippen molar-refractivity contribution < 1.29 is 8.42 Å². The summed E-state index contributed by atoms with van der Waals surface area (Å²) in [7, 11) is -3.65. The molecule has 92 valence electrons. The van der Waals surface area contributed by atoms with E-state index in [1.165, 1.54) is 0 Å². The quantitative estimate of drug-likeness (QED) is 0.796. The largest absolute Gasteiger partial charge is 0.394 e. The summed E-state index contributed by atoms with van der Waals surface area (Å²) in [5.74, 6) is 0.114. The van der Waals surface area contributed by atoms with Crippen molar-refractivity contribution in [2.24, 2.45) is 0 Å². The molecule has 0 saturated carbocycles. The first-order valence-corrected chi connectivity index (χ1v) is 7.63. The van der Waals surface area contributed by atoms with Crippen molar-refractivity contribution in [1.29, 1.82) is 0 Å². The highest BCUT2D eigenvalue weighted by atomic mass is 79.9. The van der Waals surface area contributed by atoms with Gasteiger partial charge in [-0.05, 0) is 34.3 Å². The van der Waals surface area contributed by atoms with Gasteiger partial charge in [0, 0.05) is 4.47 Å². The maximum atomic E-state index is 12.0. The van der Waals surface area contributed by atoms with Crippen LogP contribution in [0.1, 0.15) is 5.69 Å². The minimum absolute atomic E-state index is 0.114. The maximum absolute atomic E-state index is 12.0. The third-order valence-electron chi connectivity index (χ3n) is 2.05. The van der Waals surface area contributed by atoms with Crippen LogP contribution in [0.25, 0.3) is 0 Å². The van der Waals surface area contributed by atoms with Crippen LogP contribution in [-0.2, 0) is 10.0 Å². The minimum atomic E-state index is -3.65. The second kappa shape index (κ2) is 4.31. The van der Waals surface area contributed by atoms with Crippen LogP contribution in [0, 0.1) is 6.92 Å². The Kier molecular flexibility index (Phi) is 3.15. The summed E-state index contributed by atoms with van der Waals surface area (Å²) in [6, 6.07) is 1.67. The number of hydrogen-bond acceptors (Lipinski definition) is 5. The molecule has 9 heteroatoms. The third kappa shape index (κ3) is 2.31. The van der Waals surface area contributed by atoms with E-state index in [1.807, 2.05) is 0 Å². The van der Waals surface area contributed by atoms with Gasteiger partial charge in [-0.3, -0.25) is 9.82 Å². The van der Waals surface area contributed by atoms with Gasteiger partial charge in [-0.1, -0.05) is 0 Å². The summed E-state index contributed by atoms with van der Waals surface area (Å²) in [4.78, 5) is 0. The van der Waals surface area contributed by atoms with Crippen molar-refractivity contribution in [3.63, 3.8) is 0 Å². The molecule has 0 aromatic carbocycles. The monoisotopic (exact) mass is 336 g/mol. The number of aromatic amines is 1. The van der Waals surface area contributed by atoms with Crippen LogP contribution in [0.2, 0.25) is 0 Å². The topological polar surface area (TPSA) is 101 Å². The Hall–Kier alpha value is -1.06. The molecular formula is C8H9BrN4O2S2. The minimum Gasteiger partial charge on any atom is -0.394 e. The summed E-state index contributed by atoms with van der Waals surface area (Å²) in [6.07, 6.45) is 0. The molecule has 0 amide bonds. The van der Waals surface area contributed by atoms with Crippen molar-refractivity contribution in [3.05, 3.63) is 21.6 Å². The van der Waals surface area contributed by atoms with Crippen molar-refractivity contribution in [2.75, 3.05) is 10.5 Å². The predicted octanol–water partition coefficient (Wildman–Crippen LogP) is 1.93. The second-order valence-electron chi connectivity index (χ2n) is 3.27. The normalized spacial score (nSPS) is 11.6. The Labute approximate surface area is 110 Å². The van der Waals surface area contributed by atoms with E-state index in [4.69, 9.17) is 5.73 Å². The Morgan fingerprint density at radius 2 is 2.29 bits per heavy atom. The number of thiophene rings is 1. The molecule has 0 radical (unpaired) electrons. The first kappa shape index (κ1) is 12.4. The summed E-state index contributed by atoms with van der Waals surface area (Å²) in [5, 5.41) is 8.08. The Bertz CT molecular complexity index is 646. The van der Waals surface area contributed by atoms with Gasteiger partial charge in [-0.25, -0.2) is 8.42 Å². The van der Waals surface area contributed by atoms with Crippen LogP contribution in [0.15, 0.2) is 20.1 Å². The summed E-state index contributed by atoms with van der Waals surface area (Å²) < 4.78 is 27.1. The standard InChI is InChI=1S/C8H9BrN4O2S2/c1-4-6(10)7(12-11-4)13-17(14,15)8-5(9)2-3-16-8/h2-3H,10H2,1H3,(H2,11,12,13). The fourth-order valence-electron chi connectivity index (χ4n) is 1.16. The van der Waals surface area contributed by atoms with Crippen LogP contribution < -0.4 is 10.5 Å². The Morgan fingerprint density at radius 1 is 1.59 bits per heavy atom. The van der Waals surface area contributed by atoms with Gasteiger partial charge in [0.05, 0.1) is 11.4 Å². The van der Waals surface area contributed by atoms with E-state index in [2.05, 4.69) is 30.8 Å². The van der Waals surface area contributed by atoms with Crippen LogP contribution in [0.4, 0.5) is 11.5 Å². The van der Waals surface area contributed by atoms with Gasteiger partial charge >= 0.3 is 0 Å². The smallest absolute Gasteiger partial charge is 0.273 e. The lowest BCUT2D eigenvalue weighted by Crippen LogP contribution is -2.13. The van der Waals surface area contributed by atoms with Gasteiger partial charge in [0.2, 0.25) is 0 Å². The molecule has 0 unspecified atom stereocenters. The highest BCUT2D eigenvalue weighted by Crippen LogP contribution is 2.30. The van der Waals surface area contributed by atoms with Gasteiger partial charge < -0.3 is 5.73 Å². The molecule has 0 spiro atoms. The molecule has 2 aromatic heterocycles. The first-order valence-electron chi connectivity index (χ1n) is 4.48. The average Bonchev–Trinajstić information content (AvgIpc) is 2.80. The summed E-state index contributed by atoms with van der Waals surface area (Å²) >= 11 is 4.28. The zero-order valence-electron chi connectivity index (χ0n) is 8.69. The number of hydrogen-bond donors (Lipinski definition) is 3. The molecule has 0 aliphatic rings. The van der Waals surface area contributed by atoms with E-state index >= 15 is 0 Å². The van der Waals surface area contributed by atoms with E-state index in [0.717, 1.165) is 11.3 Å². The maximum Gasteiger partial charge on any atom is 0.273 e. The number of nitrogens with zero attached hydrogens (tertiary/aromatic N) is 1. The lowest BCUT2D eigenvalue weighted by Gasteiger charge is -2.04. The predicted molar refractivity (Wildman–Crippen MR) is 70.6 cm³/mol. The fraction of sp³-hybridized carbons (Fsp3) is 0.125. The molecule has 2 heterocycles. The zero-order valence-corrected chi connectivity index (χ0v) is 11.9. The summed E-state index contributed by atoms with van der Waals surface area (Å²) in [6.45, 7) is 1.71. The van der Waals surface area contributed by atoms with Crippen LogP contribution in [0.5, 0.6) is 0 Å². The lowest BCUT2D eigenvalue weighted by atomic mass is 10.4. The molecule has 2 aromatic rings. The van der Waals surface area contributed by atoms with Crippen LogP contribution in [-0.4, -0.2) is 18.6 Å². The fourth-order valence-corrected chi connectivity index (χ4v) is 4.52. The van der Waals surface area contributed by atoms with Crippen molar-refractivity contribution in [1.82, 2.24) is 10.2 Å². The number of aryl methyl sites for hydroxylation is 1. The number of H-pyrrole nitrogens is 1. The number of sulfonamides is 1. The van der Waals surface area contributed by atoms with Crippen molar-refractivity contribution in [3.8, 4) is 0 Å². The Balaban J connectivity index is 2.37. The van der Waals surface area contributed by atoms with Gasteiger partial charge in [0.25, 0.3) is 10.0 Å². The second-order valence-corrected chi connectivity index (χ2v) is 6.92. The summed E-state index contributed by atoms with van der Waals surface area (Å²) in [5.41, 5.74) is 6.58. The van der Waals surface area contributed by atoms with Crippen LogP contribution >= 0.6 is 27.3 Å². The zero-order chi connectivity index (χ0) is 12.6. The molecule has 0 saturated heterocycles. The number of nitrogens with two attached hydrogens (primary N) is 1. The number of nitrogen functional groups attached to an aromatic ring is 1. The Morgan fingerprint density at radius 3 is 2.76 bits per heavy atom. The highest BCUT2D eigenvalue weighted by molar-refractivity contribution is 9.10. The van der Waals surface area contributed by atoms with Gasteiger partial charge in [0.1, 0.15) is 0 Å². The molecule has 0 atom stereocenters. The number of rotatable bonds is 3. The SMILES string of the molecule is Cc1[nH]nc(NS(=O)(=O)c2sccc2Br)c1N. The van der Waals surface area contributed by atoms with E-state index in [9.17, 15) is 8.42 Å². The average molecular weight is 337 g/mol. The molecule has 0 fully saturated rings. The first-order chi connectivity index (χ1) is 7.92. The molecule has 0 aliphatic carbocycles. The number of anilines is 2.